The third kappa shape index (κ3) is 3.80. The first-order chi connectivity index (χ1) is 13.2. The van der Waals surface area contributed by atoms with Gasteiger partial charge in [0, 0.05) is 6.54 Å². The predicted molar refractivity (Wildman–Crippen MR) is 104 cm³/mol. The van der Waals surface area contributed by atoms with Crippen LogP contribution in [0.25, 0.3) is 16.3 Å². The fourth-order valence-electron chi connectivity index (χ4n) is 2.73. The molecule has 0 aliphatic carbocycles. The van der Waals surface area contributed by atoms with Crippen LogP contribution in [0.5, 0.6) is 0 Å². The lowest BCUT2D eigenvalue weighted by atomic mass is 10.2. The predicted octanol–water partition coefficient (Wildman–Crippen LogP) is 4.67. The van der Waals surface area contributed by atoms with E-state index in [1.54, 1.807) is 34.2 Å². The zero-order chi connectivity index (χ0) is 18.6. The van der Waals surface area contributed by atoms with E-state index in [0.717, 1.165) is 21.8 Å². The second kappa shape index (κ2) is 7.55. The zero-order valence-corrected chi connectivity index (χ0v) is 15.1. The van der Waals surface area contributed by atoms with Crippen LogP contribution in [0.15, 0.2) is 78.2 Å². The molecule has 4 rings (SSSR count). The number of hydrogen-bond acceptors (Lipinski definition) is 3. The molecule has 0 spiro atoms. The Bertz CT molecular complexity index is 1040. The van der Waals surface area contributed by atoms with Crippen molar-refractivity contribution in [2.45, 2.75) is 6.54 Å². The van der Waals surface area contributed by atoms with Gasteiger partial charge in [0.05, 0.1) is 10.6 Å². The van der Waals surface area contributed by atoms with Crippen molar-refractivity contribution in [3.05, 3.63) is 95.3 Å². The van der Waals surface area contributed by atoms with Gasteiger partial charge in [0.25, 0.3) is 5.91 Å². The Morgan fingerprint density at radius 3 is 2.52 bits per heavy atom. The van der Waals surface area contributed by atoms with Gasteiger partial charge in [-0.1, -0.05) is 36.4 Å². The lowest BCUT2D eigenvalue weighted by molar-refractivity contribution is 0.0943. The summed E-state index contributed by atoms with van der Waals surface area (Å²) in [4.78, 5) is 13.8. The number of halogens is 1. The highest BCUT2D eigenvalue weighted by Crippen LogP contribution is 2.25. The standard InChI is InChI=1S/C21H16FN3OS/c22-16-10-8-15(9-11-16)14-23-21(26)19-13-18(20-7-4-12-27-20)24-25(19)17-5-2-1-3-6-17/h1-13H,14H2,(H,23,26). The number of thiophene rings is 1. The molecule has 0 aliphatic heterocycles. The van der Waals surface area contributed by atoms with Crippen LogP contribution in [-0.2, 0) is 6.54 Å². The Morgan fingerprint density at radius 2 is 1.81 bits per heavy atom. The number of benzene rings is 2. The number of rotatable bonds is 5. The smallest absolute Gasteiger partial charge is 0.270 e. The minimum atomic E-state index is -0.298. The maximum Gasteiger partial charge on any atom is 0.270 e. The maximum atomic E-state index is 13.0. The molecule has 0 unspecified atom stereocenters. The summed E-state index contributed by atoms with van der Waals surface area (Å²) >= 11 is 1.57. The van der Waals surface area contributed by atoms with E-state index >= 15 is 0 Å². The molecule has 2 heterocycles. The molecule has 134 valence electrons. The van der Waals surface area contributed by atoms with Crippen LogP contribution in [0.3, 0.4) is 0 Å². The summed E-state index contributed by atoms with van der Waals surface area (Å²) < 4.78 is 14.7. The van der Waals surface area contributed by atoms with E-state index in [1.807, 2.05) is 47.8 Å². The summed E-state index contributed by atoms with van der Waals surface area (Å²) in [7, 11) is 0. The highest BCUT2D eigenvalue weighted by molar-refractivity contribution is 7.13. The van der Waals surface area contributed by atoms with Gasteiger partial charge in [-0.3, -0.25) is 4.79 Å². The van der Waals surface area contributed by atoms with Gasteiger partial charge in [0.15, 0.2) is 0 Å². The van der Waals surface area contributed by atoms with Crippen molar-refractivity contribution in [3.63, 3.8) is 0 Å². The molecule has 1 N–H and O–H groups in total. The van der Waals surface area contributed by atoms with Crippen LogP contribution in [0.2, 0.25) is 0 Å². The molecule has 2 aromatic heterocycles. The molecule has 0 fully saturated rings. The van der Waals surface area contributed by atoms with Crippen LogP contribution in [0.4, 0.5) is 4.39 Å². The summed E-state index contributed by atoms with van der Waals surface area (Å²) in [5.74, 6) is -0.536. The fourth-order valence-corrected chi connectivity index (χ4v) is 3.41. The van der Waals surface area contributed by atoms with Crippen molar-refractivity contribution < 1.29 is 9.18 Å². The van der Waals surface area contributed by atoms with E-state index in [0.29, 0.717) is 12.2 Å². The molecule has 0 saturated carbocycles. The first-order valence-electron chi connectivity index (χ1n) is 8.43. The van der Waals surface area contributed by atoms with Gasteiger partial charge < -0.3 is 5.32 Å². The normalized spacial score (nSPS) is 10.7. The minimum Gasteiger partial charge on any atom is -0.347 e. The van der Waals surface area contributed by atoms with Gasteiger partial charge in [-0.25, -0.2) is 9.07 Å². The van der Waals surface area contributed by atoms with Crippen molar-refractivity contribution in [1.82, 2.24) is 15.1 Å². The number of carbonyl (C=O) groups excluding carboxylic acids is 1. The van der Waals surface area contributed by atoms with Gasteiger partial charge in [-0.2, -0.15) is 5.10 Å². The molecule has 0 saturated heterocycles. The number of para-hydroxylation sites is 1. The third-order valence-corrected chi connectivity index (χ3v) is 4.98. The number of aromatic nitrogens is 2. The van der Waals surface area contributed by atoms with Crippen molar-refractivity contribution in [2.75, 3.05) is 0 Å². The molecule has 0 bridgehead atoms. The Kier molecular flexibility index (Phi) is 4.80. The van der Waals surface area contributed by atoms with E-state index in [4.69, 9.17) is 0 Å². The van der Waals surface area contributed by atoms with E-state index < -0.39 is 0 Å². The molecular weight excluding hydrogens is 361 g/mol. The Morgan fingerprint density at radius 1 is 1.04 bits per heavy atom. The number of hydrogen-bond donors (Lipinski definition) is 1. The fraction of sp³-hybridized carbons (Fsp3) is 0.0476. The number of amides is 1. The Labute approximate surface area is 159 Å². The lowest BCUT2D eigenvalue weighted by Crippen LogP contribution is -2.25. The molecule has 1 amide bonds. The van der Waals surface area contributed by atoms with Crippen LogP contribution in [0, 0.1) is 5.82 Å². The molecule has 0 atom stereocenters. The summed E-state index contributed by atoms with van der Waals surface area (Å²) in [6.45, 7) is 0.313. The van der Waals surface area contributed by atoms with Gasteiger partial charge in [0.2, 0.25) is 0 Å². The van der Waals surface area contributed by atoms with Crippen molar-refractivity contribution >= 4 is 17.2 Å². The number of carbonyl (C=O) groups is 1. The highest BCUT2D eigenvalue weighted by atomic mass is 32.1. The summed E-state index contributed by atoms with van der Waals surface area (Å²) in [6, 6.07) is 21.3. The van der Waals surface area contributed by atoms with Crippen molar-refractivity contribution in [2.24, 2.45) is 0 Å². The molecular formula is C21H16FN3OS. The largest absolute Gasteiger partial charge is 0.347 e. The second-order valence-electron chi connectivity index (χ2n) is 5.95. The van der Waals surface area contributed by atoms with Gasteiger partial charge in [0.1, 0.15) is 17.2 Å². The summed E-state index contributed by atoms with van der Waals surface area (Å²) in [5.41, 5.74) is 2.84. The molecule has 27 heavy (non-hydrogen) atoms. The third-order valence-electron chi connectivity index (χ3n) is 4.08. The topological polar surface area (TPSA) is 46.9 Å². The van der Waals surface area contributed by atoms with E-state index in [1.165, 1.54) is 12.1 Å². The van der Waals surface area contributed by atoms with Crippen molar-refractivity contribution in [3.8, 4) is 16.3 Å². The monoisotopic (exact) mass is 377 g/mol. The first kappa shape index (κ1) is 17.2. The molecule has 2 aromatic carbocycles. The zero-order valence-electron chi connectivity index (χ0n) is 14.3. The van der Waals surface area contributed by atoms with Crippen LogP contribution >= 0.6 is 11.3 Å². The van der Waals surface area contributed by atoms with Crippen molar-refractivity contribution in [1.29, 1.82) is 0 Å². The molecule has 0 aliphatic rings. The molecule has 6 heteroatoms. The maximum absolute atomic E-state index is 13.0. The van der Waals surface area contributed by atoms with Crippen LogP contribution in [-0.4, -0.2) is 15.7 Å². The summed E-state index contributed by atoms with van der Waals surface area (Å²) in [6.07, 6.45) is 0. The average Bonchev–Trinajstić information content (AvgIpc) is 3.38. The Balaban J connectivity index is 1.63. The number of nitrogens with zero attached hydrogens (tertiary/aromatic N) is 2. The SMILES string of the molecule is O=C(NCc1ccc(F)cc1)c1cc(-c2cccs2)nn1-c1ccccc1. The van der Waals surface area contributed by atoms with E-state index in [2.05, 4.69) is 10.4 Å². The average molecular weight is 377 g/mol. The molecule has 0 radical (unpaired) electrons. The lowest BCUT2D eigenvalue weighted by Gasteiger charge is -2.08. The van der Waals surface area contributed by atoms with Gasteiger partial charge in [-0.15, -0.1) is 11.3 Å². The quantitative estimate of drug-likeness (QED) is 0.549. The van der Waals surface area contributed by atoms with Gasteiger partial charge in [-0.05, 0) is 47.3 Å². The summed E-state index contributed by atoms with van der Waals surface area (Å²) in [5, 5.41) is 9.49. The molecule has 4 nitrogen and oxygen atoms in total. The van der Waals surface area contributed by atoms with Crippen LogP contribution in [0.1, 0.15) is 16.1 Å². The molecule has 4 aromatic rings. The van der Waals surface area contributed by atoms with E-state index in [-0.39, 0.29) is 11.7 Å². The first-order valence-corrected chi connectivity index (χ1v) is 9.31. The second-order valence-corrected chi connectivity index (χ2v) is 6.90. The van der Waals surface area contributed by atoms with Crippen LogP contribution < -0.4 is 5.32 Å². The Hall–Kier alpha value is -3.25. The minimum absolute atomic E-state index is 0.238. The number of nitrogens with one attached hydrogen (secondary N) is 1. The highest BCUT2D eigenvalue weighted by Gasteiger charge is 2.17. The van der Waals surface area contributed by atoms with Gasteiger partial charge >= 0.3 is 0 Å². The van der Waals surface area contributed by atoms with E-state index in [9.17, 15) is 9.18 Å².